The maximum atomic E-state index is 11.4. The van der Waals surface area contributed by atoms with Crippen LogP contribution in [0, 0.1) is 0 Å². The zero-order valence-corrected chi connectivity index (χ0v) is 12.1. The van der Waals surface area contributed by atoms with E-state index in [1.165, 1.54) is 7.11 Å². The number of nitrogens with zero attached hydrogens (tertiary/aromatic N) is 2. The van der Waals surface area contributed by atoms with Gasteiger partial charge in [0.05, 0.1) is 24.5 Å². The molecule has 1 N–H and O–H groups in total. The van der Waals surface area contributed by atoms with Crippen molar-refractivity contribution < 1.29 is 13.9 Å². The molecule has 2 aromatic heterocycles. The Balaban J connectivity index is 2.13. The summed E-state index contributed by atoms with van der Waals surface area (Å²) in [6.45, 7) is 4.02. The molecule has 2 rings (SSSR count). The van der Waals surface area contributed by atoms with E-state index in [9.17, 15) is 4.79 Å². The lowest BCUT2D eigenvalue weighted by atomic mass is 10.2. The van der Waals surface area contributed by atoms with E-state index in [4.69, 9.17) is 4.42 Å². The van der Waals surface area contributed by atoms with Crippen molar-refractivity contribution in [2.24, 2.45) is 7.05 Å². The average Bonchev–Trinajstić information content (AvgIpc) is 3.04. The SMILES string of the molecule is CCc1nn(C)cc1NC(C)c1ccc(C(=O)OC)o1. The largest absolute Gasteiger partial charge is 0.463 e. The highest BCUT2D eigenvalue weighted by atomic mass is 16.5. The molecular weight excluding hydrogens is 258 g/mol. The van der Waals surface area contributed by atoms with Crippen LogP contribution in [0.15, 0.2) is 22.7 Å². The molecular formula is C14H19N3O3. The van der Waals surface area contributed by atoms with E-state index in [1.54, 1.807) is 16.8 Å². The highest BCUT2D eigenvalue weighted by Gasteiger charge is 2.16. The van der Waals surface area contributed by atoms with Crippen LogP contribution in [0.5, 0.6) is 0 Å². The Bertz CT molecular complexity index is 601. The fraction of sp³-hybridized carbons (Fsp3) is 0.429. The smallest absolute Gasteiger partial charge is 0.373 e. The van der Waals surface area contributed by atoms with Gasteiger partial charge in [0.15, 0.2) is 0 Å². The molecule has 0 saturated heterocycles. The van der Waals surface area contributed by atoms with Gasteiger partial charge in [0, 0.05) is 13.2 Å². The van der Waals surface area contributed by atoms with Gasteiger partial charge in [-0.15, -0.1) is 0 Å². The predicted molar refractivity (Wildman–Crippen MR) is 74.7 cm³/mol. The molecule has 0 fully saturated rings. The zero-order chi connectivity index (χ0) is 14.7. The van der Waals surface area contributed by atoms with Crippen LogP contribution in [0.1, 0.15) is 41.9 Å². The molecule has 108 valence electrons. The Kier molecular flexibility index (Phi) is 4.12. The number of aromatic nitrogens is 2. The summed E-state index contributed by atoms with van der Waals surface area (Å²) in [7, 11) is 3.21. The summed E-state index contributed by atoms with van der Waals surface area (Å²) >= 11 is 0. The summed E-state index contributed by atoms with van der Waals surface area (Å²) in [6, 6.07) is 3.32. The fourth-order valence-corrected chi connectivity index (χ4v) is 2.02. The van der Waals surface area contributed by atoms with Gasteiger partial charge >= 0.3 is 5.97 Å². The maximum absolute atomic E-state index is 11.4. The number of nitrogens with one attached hydrogen (secondary N) is 1. The Morgan fingerprint density at radius 3 is 2.95 bits per heavy atom. The number of methoxy groups -OCH3 is 1. The summed E-state index contributed by atoms with van der Waals surface area (Å²) in [6.07, 6.45) is 2.78. The Morgan fingerprint density at radius 2 is 2.30 bits per heavy atom. The number of ether oxygens (including phenoxy) is 1. The highest BCUT2D eigenvalue weighted by Crippen LogP contribution is 2.23. The van der Waals surface area contributed by atoms with Gasteiger partial charge in [-0.05, 0) is 25.5 Å². The van der Waals surface area contributed by atoms with Gasteiger partial charge in [-0.25, -0.2) is 4.79 Å². The highest BCUT2D eigenvalue weighted by molar-refractivity contribution is 5.86. The summed E-state index contributed by atoms with van der Waals surface area (Å²) < 4.78 is 11.9. The number of furan rings is 1. The quantitative estimate of drug-likeness (QED) is 0.850. The Morgan fingerprint density at radius 1 is 1.55 bits per heavy atom. The van der Waals surface area contributed by atoms with Gasteiger partial charge in [-0.2, -0.15) is 5.10 Å². The Labute approximate surface area is 117 Å². The van der Waals surface area contributed by atoms with E-state index < -0.39 is 5.97 Å². The van der Waals surface area contributed by atoms with Crippen LogP contribution in [0.2, 0.25) is 0 Å². The first-order valence-corrected chi connectivity index (χ1v) is 6.52. The minimum atomic E-state index is -0.473. The lowest BCUT2D eigenvalue weighted by Gasteiger charge is -2.12. The average molecular weight is 277 g/mol. The summed E-state index contributed by atoms with van der Waals surface area (Å²) in [4.78, 5) is 11.4. The molecule has 0 aromatic carbocycles. The van der Waals surface area contributed by atoms with Crippen LogP contribution >= 0.6 is 0 Å². The lowest BCUT2D eigenvalue weighted by molar-refractivity contribution is 0.0562. The molecule has 0 spiro atoms. The van der Waals surface area contributed by atoms with E-state index >= 15 is 0 Å². The fourth-order valence-electron chi connectivity index (χ4n) is 2.02. The van der Waals surface area contributed by atoms with E-state index in [0.717, 1.165) is 17.8 Å². The van der Waals surface area contributed by atoms with Crippen molar-refractivity contribution in [3.8, 4) is 0 Å². The molecule has 2 aromatic rings. The Hall–Kier alpha value is -2.24. The third-order valence-corrected chi connectivity index (χ3v) is 3.05. The second-order valence-electron chi connectivity index (χ2n) is 4.58. The number of carbonyl (C=O) groups excluding carboxylic acids is 1. The van der Waals surface area contributed by atoms with Crippen LogP contribution < -0.4 is 5.32 Å². The van der Waals surface area contributed by atoms with Crippen molar-refractivity contribution in [1.29, 1.82) is 0 Å². The van der Waals surface area contributed by atoms with Crippen LogP contribution in [0.4, 0.5) is 5.69 Å². The third kappa shape index (κ3) is 2.84. The number of anilines is 1. The summed E-state index contributed by atoms with van der Waals surface area (Å²) in [5, 5.41) is 7.71. The first-order chi connectivity index (χ1) is 9.55. The molecule has 2 heterocycles. The number of rotatable bonds is 5. The molecule has 0 bridgehead atoms. The molecule has 1 unspecified atom stereocenters. The molecule has 0 aliphatic rings. The third-order valence-electron chi connectivity index (χ3n) is 3.05. The van der Waals surface area contributed by atoms with Crippen LogP contribution in [0.25, 0.3) is 0 Å². The zero-order valence-electron chi connectivity index (χ0n) is 12.1. The molecule has 1 atom stereocenters. The minimum Gasteiger partial charge on any atom is -0.463 e. The number of aryl methyl sites for hydroxylation is 2. The molecule has 20 heavy (non-hydrogen) atoms. The van der Waals surface area contributed by atoms with Gasteiger partial charge in [0.25, 0.3) is 0 Å². The molecule has 0 radical (unpaired) electrons. The minimum absolute atomic E-state index is 0.0668. The molecule has 6 nitrogen and oxygen atoms in total. The summed E-state index contributed by atoms with van der Waals surface area (Å²) in [5.41, 5.74) is 1.97. The maximum Gasteiger partial charge on any atom is 0.373 e. The van der Waals surface area contributed by atoms with Gasteiger partial charge < -0.3 is 14.5 Å². The summed E-state index contributed by atoms with van der Waals surface area (Å²) in [5.74, 6) is 0.411. The van der Waals surface area contributed by atoms with E-state index in [2.05, 4.69) is 22.1 Å². The first-order valence-electron chi connectivity index (χ1n) is 6.52. The predicted octanol–water partition coefficient (Wildman–Crippen LogP) is 2.54. The van der Waals surface area contributed by atoms with Crippen molar-refractivity contribution in [2.45, 2.75) is 26.3 Å². The van der Waals surface area contributed by atoms with Gasteiger partial charge in [-0.3, -0.25) is 4.68 Å². The van der Waals surface area contributed by atoms with Crippen molar-refractivity contribution in [2.75, 3.05) is 12.4 Å². The van der Waals surface area contributed by atoms with E-state index in [1.807, 2.05) is 20.2 Å². The molecule has 0 aliphatic heterocycles. The van der Waals surface area contributed by atoms with Crippen molar-refractivity contribution >= 4 is 11.7 Å². The molecule has 0 amide bonds. The standard InChI is InChI=1S/C14H19N3O3/c1-5-10-11(8-17(3)16-10)15-9(2)12-6-7-13(20-12)14(18)19-4/h6-9,15H,5H2,1-4H3. The second-order valence-corrected chi connectivity index (χ2v) is 4.58. The molecule has 0 saturated carbocycles. The van der Waals surface area contributed by atoms with E-state index in [-0.39, 0.29) is 11.8 Å². The van der Waals surface area contributed by atoms with Crippen LogP contribution in [0.3, 0.4) is 0 Å². The van der Waals surface area contributed by atoms with Crippen molar-refractivity contribution in [3.05, 3.63) is 35.5 Å². The van der Waals surface area contributed by atoms with Crippen LogP contribution in [-0.4, -0.2) is 22.9 Å². The van der Waals surface area contributed by atoms with Gasteiger partial charge in [0.1, 0.15) is 5.76 Å². The van der Waals surface area contributed by atoms with Crippen molar-refractivity contribution in [3.63, 3.8) is 0 Å². The molecule has 6 heteroatoms. The molecule has 0 aliphatic carbocycles. The number of esters is 1. The van der Waals surface area contributed by atoms with Gasteiger partial charge in [-0.1, -0.05) is 6.92 Å². The number of hydrogen-bond donors (Lipinski definition) is 1. The second kappa shape index (κ2) is 5.81. The monoisotopic (exact) mass is 277 g/mol. The number of hydrogen-bond acceptors (Lipinski definition) is 5. The van der Waals surface area contributed by atoms with E-state index in [0.29, 0.717) is 5.76 Å². The van der Waals surface area contributed by atoms with Crippen LogP contribution in [-0.2, 0) is 18.2 Å². The van der Waals surface area contributed by atoms with Gasteiger partial charge in [0.2, 0.25) is 5.76 Å². The van der Waals surface area contributed by atoms with Crippen molar-refractivity contribution in [1.82, 2.24) is 9.78 Å². The topological polar surface area (TPSA) is 69.3 Å². The first kappa shape index (κ1) is 14.2. The lowest BCUT2D eigenvalue weighted by Crippen LogP contribution is -2.06. The normalized spacial score (nSPS) is 12.2. The number of carbonyl (C=O) groups is 1.